The van der Waals surface area contributed by atoms with Gasteiger partial charge < -0.3 is 19.5 Å². The van der Waals surface area contributed by atoms with E-state index in [0.29, 0.717) is 36.2 Å². The first-order valence-electron chi connectivity index (χ1n) is 13.1. The highest BCUT2D eigenvalue weighted by molar-refractivity contribution is 6.12. The summed E-state index contributed by atoms with van der Waals surface area (Å²) in [6.07, 6.45) is 1.63. The number of hydrogen-bond donors (Lipinski definition) is 1. The van der Waals surface area contributed by atoms with Gasteiger partial charge in [-0.25, -0.2) is 0 Å². The molecule has 3 heterocycles. The number of ketones is 1. The molecule has 4 aromatic rings. The molecule has 9 nitrogen and oxygen atoms in total. The Morgan fingerprint density at radius 2 is 1.67 bits per heavy atom. The molecule has 0 atom stereocenters. The summed E-state index contributed by atoms with van der Waals surface area (Å²) in [5.41, 5.74) is 1.56. The highest BCUT2D eigenvalue weighted by atomic mass is 16.5. The third kappa shape index (κ3) is 4.80. The minimum absolute atomic E-state index is 0.0704. The molecule has 0 bridgehead atoms. The number of aryl methyl sites for hydroxylation is 1. The van der Waals surface area contributed by atoms with E-state index in [4.69, 9.17) is 4.74 Å². The lowest BCUT2D eigenvalue weighted by molar-refractivity contribution is -0.130. The number of nitrogens with zero attached hydrogens (tertiary/aromatic N) is 3. The second-order valence-electron chi connectivity index (χ2n) is 10.0. The monoisotopic (exact) mass is 528 g/mol. The molecule has 0 aliphatic carbocycles. The van der Waals surface area contributed by atoms with E-state index in [1.807, 2.05) is 29.2 Å². The number of nitrogens with one attached hydrogen (secondary N) is 1. The van der Waals surface area contributed by atoms with Crippen LogP contribution in [0.25, 0.3) is 21.8 Å². The molecule has 0 radical (unpaired) electrons. The number of aromatic nitrogens is 2. The van der Waals surface area contributed by atoms with E-state index in [1.165, 1.54) is 11.7 Å². The number of methoxy groups -OCH3 is 1. The number of Topliss-reactive ketones (excluding diaryl/α,β-unsaturated/α-hetero) is 1. The van der Waals surface area contributed by atoms with E-state index in [-0.39, 0.29) is 46.9 Å². The van der Waals surface area contributed by atoms with Crippen LogP contribution in [0.3, 0.4) is 0 Å². The second-order valence-corrected chi connectivity index (χ2v) is 10.0. The highest BCUT2D eigenvalue weighted by Gasteiger charge is 2.28. The van der Waals surface area contributed by atoms with Crippen LogP contribution in [-0.2, 0) is 18.4 Å². The quantitative estimate of drug-likeness (QED) is 0.371. The molecule has 1 saturated heterocycles. The van der Waals surface area contributed by atoms with Crippen LogP contribution in [0.5, 0.6) is 5.75 Å². The summed E-state index contributed by atoms with van der Waals surface area (Å²) in [5, 5.41) is 4.02. The zero-order valence-electron chi connectivity index (χ0n) is 22.4. The molecule has 0 spiro atoms. The van der Waals surface area contributed by atoms with E-state index in [0.717, 1.165) is 18.2 Å². The molecule has 1 aliphatic rings. The molecule has 5 rings (SSSR count). The van der Waals surface area contributed by atoms with Crippen molar-refractivity contribution in [2.24, 2.45) is 13.0 Å². The molecule has 2 aromatic carbocycles. The van der Waals surface area contributed by atoms with Crippen molar-refractivity contribution in [3.8, 4) is 5.75 Å². The molecule has 9 heteroatoms. The summed E-state index contributed by atoms with van der Waals surface area (Å²) in [6, 6.07) is 16.2. The molecular weight excluding hydrogens is 496 g/mol. The van der Waals surface area contributed by atoms with Crippen molar-refractivity contribution in [3.63, 3.8) is 0 Å². The first-order valence-corrected chi connectivity index (χ1v) is 13.1. The fourth-order valence-electron chi connectivity index (χ4n) is 5.57. The van der Waals surface area contributed by atoms with Gasteiger partial charge in [-0.15, -0.1) is 0 Å². The highest BCUT2D eigenvalue weighted by Crippen LogP contribution is 2.34. The smallest absolute Gasteiger partial charge is 0.271 e. The zero-order valence-corrected chi connectivity index (χ0v) is 22.4. The van der Waals surface area contributed by atoms with Crippen LogP contribution in [0.1, 0.15) is 40.6 Å². The number of ether oxygens (including phenoxy) is 1. The summed E-state index contributed by atoms with van der Waals surface area (Å²) in [5.74, 6) is -0.0118. The Hall–Kier alpha value is -4.40. The predicted molar refractivity (Wildman–Crippen MR) is 149 cm³/mol. The summed E-state index contributed by atoms with van der Waals surface area (Å²) >= 11 is 0. The molecular formula is C30H32N4O5. The van der Waals surface area contributed by atoms with Gasteiger partial charge in [-0.05, 0) is 24.8 Å². The van der Waals surface area contributed by atoms with Gasteiger partial charge >= 0.3 is 0 Å². The first-order chi connectivity index (χ1) is 18.8. The van der Waals surface area contributed by atoms with Gasteiger partial charge in [0.05, 0.1) is 24.7 Å². The summed E-state index contributed by atoms with van der Waals surface area (Å²) in [4.78, 5) is 53.9. The number of benzene rings is 2. The molecule has 202 valence electrons. The zero-order chi connectivity index (χ0) is 27.7. The number of likely N-dealkylation sites (tertiary alicyclic amines) is 1. The number of pyridine rings is 1. The van der Waals surface area contributed by atoms with Gasteiger partial charge in [0, 0.05) is 44.6 Å². The summed E-state index contributed by atoms with van der Waals surface area (Å²) in [7, 11) is 3.19. The largest absolute Gasteiger partial charge is 0.493 e. The third-order valence-electron chi connectivity index (χ3n) is 7.69. The van der Waals surface area contributed by atoms with Gasteiger partial charge in [-0.3, -0.25) is 23.7 Å². The molecule has 2 amide bonds. The van der Waals surface area contributed by atoms with Crippen LogP contribution in [0.4, 0.5) is 0 Å². The van der Waals surface area contributed by atoms with Crippen LogP contribution in [0.2, 0.25) is 0 Å². The second kappa shape index (κ2) is 10.8. The van der Waals surface area contributed by atoms with Crippen LogP contribution in [-0.4, -0.2) is 58.4 Å². The predicted octanol–water partition coefficient (Wildman–Crippen LogP) is 3.37. The Labute approximate surface area is 226 Å². The topological polar surface area (TPSA) is 103 Å². The number of piperidine rings is 1. The molecule has 0 saturated carbocycles. The summed E-state index contributed by atoms with van der Waals surface area (Å²) in [6.45, 7) is 3.26. The van der Waals surface area contributed by atoms with Gasteiger partial charge in [-0.2, -0.15) is 0 Å². The van der Waals surface area contributed by atoms with E-state index in [2.05, 4.69) is 5.32 Å². The lowest BCUT2D eigenvalue weighted by Gasteiger charge is -2.31. The summed E-state index contributed by atoms with van der Waals surface area (Å²) < 4.78 is 8.84. The van der Waals surface area contributed by atoms with Crippen LogP contribution in [0, 0.1) is 5.92 Å². The van der Waals surface area contributed by atoms with E-state index >= 15 is 0 Å². The average Bonchev–Trinajstić information content (AvgIpc) is 3.26. The Morgan fingerprint density at radius 3 is 2.33 bits per heavy atom. The van der Waals surface area contributed by atoms with Gasteiger partial charge in [-0.1, -0.05) is 48.5 Å². The van der Waals surface area contributed by atoms with Crippen molar-refractivity contribution in [2.45, 2.75) is 26.3 Å². The van der Waals surface area contributed by atoms with Crippen molar-refractivity contribution in [1.29, 1.82) is 0 Å². The van der Waals surface area contributed by atoms with Crippen LogP contribution < -0.4 is 15.6 Å². The van der Waals surface area contributed by atoms with E-state index in [9.17, 15) is 19.2 Å². The average molecular weight is 529 g/mol. The number of carbonyl (C=O) groups is 3. The fourth-order valence-corrected chi connectivity index (χ4v) is 5.57. The number of fused-ring (bicyclic) bond motifs is 3. The first kappa shape index (κ1) is 26.2. The Kier molecular flexibility index (Phi) is 7.24. The lowest BCUT2D eigenvalue weighted by Crippen LogP contribution is -2.40. The van der Waals surface area contributed by atoms with Crippen molar-refractivity contribution >= 4 is 39.4 Å². The maximum absolute atomic E-state index is 13.9. The Balaban J connectivity index is 1.53. The number of hydrogen-bond acceptors (Lipinski definition) is 5. The molecule has 1 N–H and O–H groups in total. The number of rotatable bonds is 7. The van der Waals surface area contributed by atoms with Crippen molar-refractivity contribution in [1.82, 2.24) is 19.4 Å². The Bertz CT molecular complexity index is 1630. The lowest BCUT2D eigenvalue weighted by atomic mass is 9.97. The van der Waals surface area contributed by atoms with Gasteiger partial charge in [0.15, 0.2) is 17.2 Å². The van der Waals surface area contributed by atoms with Crippen LogP contribution >= 0.6 is 0 Å². The van der Waals surface area contributed by atoms with Gasteiger partial charge in [0.25, 0.3) is 11.5 Å². The fraction of sp³-hybridized carbons (Fsp3) is 0.333. The number of para-hydroxylation sites is 1. The normalized spacial score (nSPS) is 14.1. The molecule has 39 heavy (non-hydrogen) atoms. The molecule has 2 aromatic heterocycles. The van der Waals surface area contributed by atoms with Crippen molar-refractivity contribution < 1.29 is 19.1 Å². The Morgan fingerprint density at radius 1 is 1.00 bits per heavy atom. The van der Waals surface area contributed by atoms with E-state index in [1.54, 1.807) is 48.9 Å². The van der Waals surface area contributed by atoms with Gasteiger partial charge in [0.1, 0.15) is 5.39 Å². The van der Waals surface area contributed by atoms with Crippen molar-refractivity contribution in [2.75, 3.05) is 26.7 Å². The van der Waals surface area contributed by atoms with Crippen LogP contribution in [0.15, 0.2) is 59.4 Å². The molecule has 0 unspecified atom stereocenters. The SMILES string of the molecule is COc1c(C(=O)NCC2CCN(C(C)=O)CC2)n(C)c2c1c(=O)n(CC(=O)c1ccccc1)c1ccccc21. The standard InChI is InChI=1S/C30H32N4O5/c1-19(35)33-15-13-20(14-16-33)17-31-29(37)27-28(39-3)25-26(32(27)2)22-11-7-8-12-23(22)34(30(25)38)18-24(36)21-9-5-4-6-10-21/h4-12,20H,13-18H2,1-3H3,(H,31,37). The number of carbonyl (C=O) groups excluding carboxylic acids is 3. The third-order valence-corrected chi connectivity index (χ3v) is 7.69. The van der Waals surface area contributed by atoms with Crippen molar-refractivity contribution in [3.05, 3.63) is 76.2 Å². The maximum atomic E-state index is 13.9. The minimum atomic E-state index is -0.393. The maximum Gasteiger partial charge on any atom is 0.271 e. The molecule has 1 fully saturated rings. The number of amides is 2. The molecule has 1 aliphatic heterocycles. The van der Waals surface area contributed by atoms with E-state index < -0.39 is 5.56 Å². The van der Waals surface area contributed by atoms with Gasteiger partial charge in [0.2, 0.25) is 5.91 Å². The minimum Gasteiger partial charge on any atom is -0.493 e.